The van der Waals surface area contributed by atoms with E-state index in [1.54, 1.807) is 36.4 Å². The van der Waals surface area contributed by atoms with Crippen LogP contribution in [0.15, 0.2) is 99.4 Å². The molecule has 9 heteroatoms. The van der Waals surface area contributed by atoms with Crippen LogP contribution in [0.5, 0.6) is 11.5 Å². The number of carbonyl (C=O) groups excluding carboxylic acids is 3. The van der Waals surface area contributed by atoms with E-state index in [-0.39, 0.29) is 5.57 Å². The summed E-state index contributed by atoms with van der Waals surface area (Å²) in [6.07, 6.45) is 1.44. The molecule has 42 heavy (non-hydrogen) atoms. The number of benzene rings is 4. The summed E-state index contributed by atoms with van der Waals surface area (Å²) < 4.78 is 13.6. The van der Waals surface area contributed by atoms with Crippen LogP contribution in [0.4, 0.5) is 10.5 Å². The smallest absolute Gasteiger partial charge is 0.335 e. The van der Waals surface area contributed by atoms with Crippen LogP contribution in [0.3, 0.4) is 0 Å². The molecule has 1 aliphatic rings. The second-order valence-corrected chi connectivity index (χ2v) is 11.6. The topological polar surface area (TPSA) is 84.9 Å². The van der Waals surface area contributed by atoms with Crippen molar-refractivity contribution < 1.29 is 23.9 Å². The first-order valence-corrected chi connectivity index (χ1v) is 14.6. The third-order valence-corrected chi connectivity index (χ3v) is 7.77. The van der Waals surface area contributed by atoms with Crippen LogP contribution < -0.4 is 19.7 Å². The molecule has 0 saturated carbocycles. The minimum Gasteiger partial charge on any atom is -0.489 e. The average Bonchev–Trinajstić information content (AvgIpc) is 2.97. The number of aryl methyl sites for hydroxylation is 2. The minimum atomic E-state index is -0.828. The standard InChI is InChI=1S/C33H26Br2N2O5/c1-20-3-4-23(15-21(20)2)19-42-30-14-9-26(35)16-24(30)17-29-31(38)36-33(40)37(32(29)39)27-10-12-28(13-11-27)41-18-22-5-7-25(34)8-6-22/h3-17H,18-19H2,1-2H3,(H,36,38,40)/b29-17+. The van der Waals surface area contributed by atoms with Crippen LogP contribution in [-0.2, 0) is 22.8 Å². The van der Waals surface area contributed by atoms with Crippen molar-refractivity contribution in [1.29, 1.82) is 0 Å². The molecule has 212 valence electrons. The van der Waals surface area contributed by atoms with Gasteiger partial charge in [-0.3, -0.25) is 14.9 Å². The van der Waals surface area contributed by atoms with Gasteiger partial charge in [-0.25, -0.2) is 9.69 Å². The van der Waals surface area contributed by atoms with Gasteiger partial charge in [0, 0.05) is 14.5 Å². The Hall–Kier alpha value is -4.21. The summed E-state index contributed by atoms with van der Waals surface area (Å²) in [5.74, 6) is -0.471. The first-order chi connectivity index (χ1) is 20.2. The van der Waals surface area contributed by atoms with Crippen molar-refractivity contribution in [2.24, 2.45) is 0 Å². The number of imide groups is 2. The van der Waals surface area contributed by atoms with Crippen molar-refractivity contribution in [2.75, 3.05) is 4.90 Å². The summed E-state index contributed by atoms with van der Waals surface area (Å²) in [5, 5.41) is 2.27. The lowest BCUT2D eigenvalue weighted by atomic mass is 10.1. The fourth-order valence-corrected chi connectivity index (χ4v) is 4.95. The fraction of sp³-hybridized carbons (Fsp3) is 0.121. The highest BCUT2D eigenvalue weighted by atomic mass is 79.9. The molecule has 1 heterocycles. The van der Waals surface area contributed by atoms with Crippen LogP contribution in [0.2, 0.25) is 0 Å². The highest BCUT2D eigenvalue weighted by Gasteiger charge is 2.37. The number of ether oxygens (including phenoxy) is 2. The molecule has 1 fully saturated rings. The van der Waals surface area contributed by atoms with E-state index in [2.05, 4.69) is 43.2 Å². The van der Waals surface area contributed by atoms with Gasteiger partial charge in [0.1, 0.15) is 30.3 Å². The molecular weight excluding hydrogens is 664 g/mol. The van der Waals surface area contributed by atoms with Gasteiger partial charge in [-0.15, -0.1) is 0 Å². The maximum absolute atomic E-state index is 13.5. The molecule has 4 aromatic rings. The van der Waals surface area contributed by atoms with Gasteiger partial charge in [0.2, 0.25) is 0 Å². The number of barbiturate groups is 1. The molecule has 0 unspecified atom stereocenters. The third kappa shape index (κ3) is 6.80. The van der Waals surface area contributed by atoms with Crippen LogP contribution in [0.25, 0.3) is 6.08 Å². The molecule has 4 amide bonds. The van der Waals surface area contributed by atoms with Gasteiger partial charge in [0.15, 0.2) is 0 Å². The molecule has 0 aromatic heterocycles. The number of hydrogen-bond acceptors (Lipinski definition) is 5. The van der Waals surface area contributed by atoms with Crippen molar-refractivity contribution in [2.45, 2.75) is 27.1 Å². The van der Waals surface area contributed by atoms with Gasteiger partial charge in [-0.1, -0.05) is 62.2 Å². The van der Waals surface area contributed by atoms with E-state index in [4.69, 9.17) is 9.47 Å². The Kier molecular flexibility index (Phi) is 8.89. The van der Waals surface area contributed by atoms with Crippen LogP contribution >= 0.6 is 31.9 Å². The summed E-state index contributed by atoms with van der Waals surface area (Å²) in [6, 6.07) is 24.9. The highest BCUT2D eigenvalue weighted by molar-refractivity contribution is 9.10. The van der Waals surface area contributed by atoms with E-state index in [0.29, 0.717) is 36.0 Å². The van der Waals surface area contributed by atoms with Gasteiger partial charge >= 0.3 is 6.03 Å². The van der Waals surface area contributed by atoms with Crippen molar-refractivity contribution in [3.8, 4) is 11.5 Å². The number of carbonyl (C=O) groups is 3. The highest BCUT2D eigenvalue weighted by Crippen LogP contribution is 2.29. The van der Waals surface area contributed by atoms with E-state index in [0.717, 1.165) is 30.5 Å². The Morgan fingerprint density at radius 3 is 2.12 bits per heavy atom. The molecule has 7 nitrogen and oxygen atoms in total. The third-order valence-electron chi connectivity index (χ3n) is 6.75. The number of halogens is 2. The zero-order valence-corrected chi connectivity index (χ0v) is 26.0. The molecular formula is C33H26Br2N2O5. The number of nitrogens with zero attached hydrogens (tertiary/aromatic N) is 1. The largest absolute Gasteiger partial charge is 0.489 e. The number of hydrogen-bond donors (Lipinski definition) is 1. The molecule has 0 bridgehead atoms. The predicted octanol–water partition coefficient (Wildman–Crippen LogP) is 7.65. The Labute approximate surface area is 260 Å². The maximum atomic E-state index is 13.5. The molecule has 0 spiro atoms. The molecule has 1 saturated heterocycles. The Bertz CT molecular complexity index is 1700. The summed E-state index contributed by atoms with van der Waals surface area (Å²) in [5.41, 5.74) is 4.95. The number of amides is 4. The zero-order valence-electron chi connectivity index (χ0n) is 22.8. The quantitative estimate of drug-likeness (QED) is 0.152. The zero-order chi connectivity index (χ0) is 29.8. The van der Waals surface area contributed by atoms with Crippen molar-refractivity contribution >= 4 is 61.5 Å². The molecule has 5 rings (SSSR count). The number of anilines is 1. The van der Waals surface area contributed by atoms with Crippen LogP contribution in [0, 0.1) is 13.8 Å². The summed E-state index contributed by atoms with van der Waals surface area (Å²) in [4.78, 5) is 40.0. The maximum Gasteiger partial charge on any atom is 0.335 e. The Morgan fingerprint density at radius 1 is 0.738 bits per heavy atom. The van der Waals surface area contributed by atoms with Gasteiger partial charge < -0.3 is 9.47 Å². The SMILES string of the molecule is Cc1ccc(COc2ccc(Br)cc2/C=C2\C(=O)NC(=O)N(c3ccc(OCc4ccc(Br)cc4)cc3)C2=O)cc1C. The van der Waals surface area contributed by atoms with Gasteiger partial charge in [0.25, 0.3) is 11.8 Å². The predicted molar refractivity (Wildman–Crippen MR) is 168 cm³/mol. The van der Waals surface area contributed by atoms with E-state index in [1.165, 1.54) is 11.6 Å². The number of rotatable bonds is 8. The molecule has 0 aliphatic carbocycles. The fourth-order valence-electron chi connectivity index (χ4n) is 4.30. The van der Waals surface area contributed by atoms with Crippen LogP contribution in [-0.4, -0.2) is 17.8 Å². The van der Waals surface area contributed by atoms with E-state index in [1.807, 2.05) is 56.3 Å². The lowest BCUT2D eigenvalue weighted by molar-refractivity contribution is -0.122. The van der Waals surface area contributed by atoms with Gasteiger partial charge in [-0.05, 0) is 96.8 Å². The second-order valence-electron chi connectivity index (χ2n) is 9.76. The van der Waals surface area contributed by atoms with E-state index < -0.39 is 17.8 Å². The molecule has 0 atom stereocenters. The normalized spacial score (nSPS) is 14.2. The lowest BCUT2D eigenvalue weighted by Crippen LogP contribution is -2.54. The Balaban J connectivity index is 1.35. The second kappa shape index (κ2) is 12.8. The summed E-state index contributed by atoms with van der Waals surface area (Å²) in [6.45, 7) is 4.75. The minimum absolute atomic E-state index is 0.195. The first kappa shape index (κ1) is 29.3. The molecule has 0 radical (unpaired) electrons. The number of nitrogens with one attached hydrogen (secondary N) is 1. The van der Waals surface area contributed by atoms with E-state index >= 15 is 0 Å². The average molecular weight is 690 g/mol. The van der Waals surface area contributed by atoms with E-state index in [9.17, 15) is 14.4 Å². The van der Waals surface area contributed by atoms with Crippen molar-refractivity contribution in [3.05, 3.63) is 127 Å². The lowest BCUT2D eigenvalue weighted by Gasteiger charge is -2.26. The monoisotopic (exact) mass is 688 g/mol. The molecule has 1 aliphatic heterocycles. The van der Waals surface area contributed by atoms with Gasteiger partial charge in [0.05, 0.1) is 5.69 Å². The molecule has 4 aromatic carbocycles. The van der Waals surface area contributed by atoms with Crippen molar-refractivity contribution in [1.82, 2.24) is 5.32 Å². The first-order valence-electron chi connectivity index (χ1n) is 13.1. The van der Waals surface area contributed by atoms with Crippen LogP contribution in [0.1, 0.15) is 27.8 Å². The van der Waals surface area contributed by atoms with Crippen molar-refractivity contribution in [3.63, 3.8) is 0 Å². The van der Waals surface area contributed by atoms with Gasteiger partial charge in [-0.2, -0.15) is 0 Å². The Morgan fingerprint density at radius 2 is 1.40 bits per heavy atom. The molecule has 1 N–H and O–H groups in total. The summed E-state index contributed by atoms with van der Waals surface area (Å²) >= 11 is 6.86. The number of urea groups is 1. The summed E-state index contributed by atoms with van der Waals surface area (Å²) in [7, 11) is 0.